The number of phenolic OH excluding ortho intramolecular Hbond substituents is 1. The Labute approximate surface area is 540 Å². The molecule has 15 N–H and O–H groups in total. The molecule has 0 bridgehead atoms. The quantitative estimate of drug-likeness (QED) is 0.0121. The maximum atomic E-state index is 14.7. The minimum absolute atomic E-state index is 0. The second kappa shape index (κ2) is 33.3. The van der Waals surface area contributed by atoms with Crippen molar-refractivity contribution in [1.82, 2.24) is 46.6 Å². The number of β-amino-alcohol motifs (C(OH)–C–C–N with tert-alkyl or cyclic N) is 1. The van der Waals surface area contributed by atoms with Crippen LogP contribution in [-0.2, 0) is 42.9 Å². The molecule has 0 aliphatic carbocycles. The number of nitrogens with zero attached hydrogens (tertiary/aromatic N) is 4. The fourth-order valence-corrected chi connectivity index (χ4v) is 10.6. The van der Waals surface area contributed by atoms with Gasteiger partial charge in [0.05, 0.1) is 43.5 Å². The Bertz CT molecular complexity index is 3130. The van der Waals surface area contributed by atoms with E-state index in [2.05, 4.69) is 53.1 Å². The third-order valence-corrected chi connectivity index (χ3v) is 15.5. The van der Waals surface area contributed by atoms with Crippen LogP contribution in [0.1, 0.15) is 87.7 Å². The second-order valence-corrected chi connectivity index (χ2v) is 22.2. The summed E-state index contributed by atoms with van der Waals surface area (Å²) in [6.45, 7) is 3.34. The Morgan fingerprint density at radius 2 is 1.43 bits per heavy atom. The number of carbonyl (C=O) groups excluding carboxylic acids is 8. The number of nitrogens with two attached hydrogens (primary N) is 1. The first kappa shape index (κ1) is 72.0. The van der Waals surface area contributed by atoms with E-state index in [4.69, 9.17) is 19.1 Å². The van der Waals surface area contributed by atoms with Crippen LogP contribution >= 0.6 is 12.3 Å². The first-order valence-electron chi connectivity index (χ1n) is 28.4. The van der Waals surface area contributed by atoms with Crippen LogP contribution in [0.5, 0.6) is 17.2 Å². The topological polar surface area (TPSA) is 490 Å². The molecular formula is C56H71N10NaO22S. The number of ether oxygens (including phenoxy) is 1. The molecule has 0 radical (unpaired) electrons. The van der Waals surface area contributed by atoms with Crippen molar-refractivity contribution >= 4 is 59.6 Å². The maximum Gasteiger partial charge on any atom is 1.00 e. The number of hydrogen-bond donors (Lipinski definition) is 14. The standard InChI is InChI=1S/C56H72N10O22S.Na/c1-4-5-6-7-18-84-34-15-12-30(13-16-34)54-64-63-53(85-54)29-10-8-28(9-11-29)48(76)59-35-20-32(68)23-58-52(80)44-45(73)26(2)24-66(44)56(82)42(38(71)22-40(57)72)61-51(79)43(47(75)46(74)31-14-17-37(70)39(19-31)86-89-88-87-83)62-50(78)36-21-33(69)25-65(36)55(81)41(27(3)67)60-49(35)77;/h8-17,19,26-27,32-33,35-36,38,41-47,67-71,73-75,83H,4-7,18,20-25H2,1-3H3,(H2,57,72)(H,58,80)(H,59,76)(H,60,77)(H,61,79)(H,62,78);/q;+1/p-1/t26?,27?,32?,33?,35-,36?,38?,41?,42?,43?,44?,45?,46?,47?;/m0./s1. The molecule has 3 aliphatic rings. The van der Waals surface area contributed by atoms with Gasteiger partial charge in [0.15, 0.2) is 11.5 Å². The molecule has 484 valence electrons. The zero-order valence-corrected chi connectivity index (χ0v) is 52.1. The Morgan fingerprint density at radius 3 is 2.07 bits per heavy atom. The van der Waals surface area contributed by atoms with Crippen LogP contribution < -0.4 is 76.1 Å². The molecule has 8 amide bonds. The number of aromatic hydroxyl groups is 1. The molecule has 0 saturated carbocycles. The number of carbonyl (C=O) groups is 8. The number of rotatable bonds is 21. The van der Waals surface area contributed by atoms with Gasteiger partial charge in [0.2, 0.25) is 53.1 Å². The van der Waals surface area contributed by atoms with Gasteiger partial charge in [-0.1, -0.05) is 39.2 Å². The second-order valence-electron chi connectivity index (χ2n) is 21.8. The van der Waals surface area contributed by atoms with E-state index in [-0.39, 0.29) is 64.8 Å². The summed E-state index contributed by atoms with van der Waals surface area (Å²) in [5, 5.41) is 124. The Kier molecular flexibility index (Phi) is 26.6. The van der Waals surface area contributed by atoms with Gasteiger partial charge in [-0.15, -0.1) is 14.5 Å². The summed E-state index contributed by atoms with van der Waals surface area (Å²) in [4.78, 5) is 115. The number of hydrogen-bond acceptors (Lipinski definition) is 25. The van der Waals surface area contributed by atoms with E-state index in [1.54, 1.807) is 24.3 Å². The Balaban J connectivity index is 0.0000129. The predicted octanol–water partition coefficient (Wildman–Crippen LogP) is -6.45. The van der Waals surface area contributed by atoms with E-state index in [0.29, 0.717) is 28.4 Å². The Hall–Kier alpha value is -7.09. The summed E-state index contributed by atoms with van der Waals surface area (Å²) < 4.78 is 20.8. The van der Waals surface area contributed by atoms with Gasteiger partial charge in [-0.3, -0.25) is 43.4 Å². The Morgan fingerprint density at radius 1 is 0.800 bits per heavy atom. The molecule has 90 heavy (non-hydrogen) atoms. The summed E-state index contributed by atoms with van der Waals surface area (Å²) in [5.41, 5.74) is 5.94. The minimum Gasteiger partial charge on any atom is -0.691 e. The number of phenols is 1. The number of aliphatic hydroxyl groups excluding tert-OH is 7. The zero-order chi connectivity index (χ0) is 64.8. The molecule has 14 atom stereocenters. The molecule has 32 nitrogen and oxygen atoms in total. The van der Waals surface area contributed by atoms with Crippen LogP contribution in [0.15, 0.2) is 71.1 Å². The van der Waals surface area contributed by atoms with Gasteiger partial charge in [0.25, 0.3) is 18.2 Å². The zero-order valence-electron chi connectivity index (χ0n) is 49.3. The van der Waals surface area contributed by atoms with Crippen molar-refractivity contribution in [3.8, 4) is 40.2 Å². The predicted molar refractivity (Wildman–Crippen MR) is 303 cm³/mol. The number of unbranched alkanes of at least 4 members (excludes halogenated alkanes) is 3. The molecule has 3 fully saturated rings. The normalized spacial score (nSPS) is 25.1. The van der Waals surface area contributed by atoms with Crippen molar-refractivity contribution in [2.24, 2.45) is 11.7 Å². The van der Waals surface area contributed by atoms with Crippen molar-refractivity contribution in [2.75, 3.05) is 26.2 Å². The number of fused-ring (bicyclic) bond motifs is 2. The summed E-state index contributed by atoms with van der Waals surface area (Å²) in [5.74, 6) is -11.2. The summed E-state index contributed by atoms with van der Waals surface area (Å²) >= 11 is -0.0888. The number of aliphatic hydroxyl groups is 7. The average Bonchev–Trinajstić information content (AvgIpc) is 2.25. The molecule has 0 spiro atoms. The van der Waals surface area contributed by atoms with Gasteiger partial charge < -0.3 is 102 Å². The van der Waals surface area contributed by atoms with E-state index in [1.807, 2.05) is 0 Å². The number of amides is 8. The monoisotopic (exact) mass is 1290 g/mol. The number of nitrogens with one attached hydrogen (secondary N) is 5. The molecular weight excluding hydrogens is 1220 g/mol. The molecule has 3 aromatic carbocycles. The van der Waals surface area contributed by atoms with E-state index in [9.17, 15) is 84.5 Å². The van der Waals surface area contributed by atoms with Gasteiger partial charge in [-0.25, -0.2) is 0 Å². The van der Waals surface area contributed by atoms with Crippen molar-refractivity contribution in [2.45, 2.75) is 145 Å². The number of primary amides is 1. The smallest absolute Gasteiger partial charge is 0.691 e. The van der Waals surface area contributed by atoms with Crippen molar-refractivity contribution in [3.05, 3.63) is 77.9 Å². The van der Waals surface area contributed by atoms with E-state index >= 15 is 0 Å². The molecule has 34 heteroatoms. The molecule has 3 aliphatic heterocycles. The minimum atomic E-state index is -2.54. The molecule has 1 aromatic heterocycles. The summed E-state index contributed by atoms with van der Waals surface area (Å²) in [7, 11) is 0. The first-order chi connectivity index (χ1) is 42.4. The summed E-state index contributed by atoms with van der Waals surface area (Å²) in [6.07, 6.45) is -12.0. The van der Waals surface area contributed by atoms with Crippen LogP contribution in [-0.4, -0.2) is 207 Å². The first-order valence-corrected chi connectivity index (χ1v) is 29.0. The van der Waals surface area contributed by atoms with Crippen molar-refractivity contribution in [3.63, 3.8) is 0 Å². The van der Waals surface area contributed by atoms with Gasteiger partial charge >= 0.3 is 29.6 Å². The van der Waals surface area contributed by atoms with Crippen LogP contribution in [0, 0.1) is 5.92 Å². The van der Waals surface area contributed by atoms with Crippen LogP contribution in [0.25, 0.3) is 22.9 Å². The van der Waals surface area contributed by atoms with Crippen LogP contribution in [0.2, 0.25) is 0 Å². The van der Waals surface area contributed by atoms with E-state index in [0.717, 1.165) is 55.7 Å². The van der Waals surface area contributed by atoms with E-state index < -0.39 is 183 Å². The number of benzene rings is 3. The molecule has 4 heterocycles. The van der Waals surface area contributed by atoms with Gasteiger partial charge in [-0.05, 0) is 79.6 Å². The molecule has 4 aromatic rings. The third-order valence-electron chi connectivity index (χ3n) is 15.1. The maximum absolute atomic E-state index is 14.7. The summed E-state index contributed by atoms with van der Waals surface area (Å²) in [6, 6.07) is 3.23. The van der Waals surface area contributed by atoms with Crippen molar-refractivity contribution in [1.29, 1.82) is 0 Å². The van der Waals surface area contributed by atoms with E-state index in [1.165, 1.54) is 31.2 Å². The van der Waals surface area contributed by atoms with Crippen molar-refractivity contribution < 1.29 is 137 Å². The SMILES string of the molecule is CCCCCCOc1ccc(-c2nnc(-c3ccc(C(=O)N[C@H]4CC(O)CNC(=O)C5C(O)C(C)CN5C(=O)C(C(O)CC(N)=O)NC(=O)C(C(O)C(O)c5ccc(O)c(OSOO[O-])c5)NC(=O)C5CC(O)CN5C(=O)C(C(C)O)NC4=O)cc3)o2)cc1.[Na+]. The molecule has 7 rings (SSSR count). The van der Waals surface area contributed by atoms with Gasteiger partial charge in [-0.2, -0.15) is 0 Å². The molecule has 3 saturated heterocycles. The third kappa shape index (κ3) is 18.3. The van der Waals surface area contributed by atoms with Gasteiger partial charge in [0, 0.05) is 55.1 Å². The van der Waals surface area contributed by atoms with Crippen LogP contribution in [0.4, 0.5) is 0 Å². The largest absolute Gasteiger partial charge is 1.00 e. The fourth-order valence-electron chi connectivity index (χ4n) is 10.3. The molecule has 13 unspecified atom stereocenters. The fraction of sp³-hybridized carbons (Fsp3) is 0.500. The number of aromatic nitrogens is 2. The average molecular weight is 1290 g/mol. The van der Waals surface area contributed by atoms with Crippen LogP contribution in [0.3, 0.4) is 0 Å². The van der Waals surface area contributed by atoms with Gasteiger partial charge in [0.1, 0.15) is 54.2 Å².